The van der Waals surface area contributed by atoms with Crippen molar-refractivity contribution in [3.05, 3.63) is 60.3 Å². The Hall–Kier alpha value is -3.19. The number of rotatable bonds is 6. The number of hydrogen-bond acceptors (Lipinski definition) is 6. The molecule has 4 rings (SSSR count). The molecule has 0 amide bonds. The van der Waals surface area contributed by atoms with E-state index in [1.807, 2.05) is 59.3 Å². The number of thiazole rings is 1. The average molecular weight is 378 g/mol. The third kappa shape index (κ3) is 3.68. The van der Waals surface area contributed by atoms with E-state index < -0.39 is 0 Å². The SMILES string of the molecule is CCOC(=O)Cn1cc(/C=N/Nc2nc3ccccc3s2)c2ccccc21. The molecule has 0 unspecified atom stereocenters. The number of carbonyl (C=O) groups excluding carboxylic acids is 1. The summed E-state index contributed by atoms with van der Waals surface area (Å²) in [7, 11) is 0. The van der Waals surface area contributed by atoms with E-state index in [0.717, 1.165) is 31.8 Å². The highest BCUT2D eigenvalue weighted by Crippen LogP contribution is 2.25. The minimum absolute atomic E-state index is 0.174. The third-order valence-corrected chi connectivity index (χ3v) is 5.02. The van der Waals surface area contributed by atoms with Gasteiger partial charge < -0.3 is 9.30 Å². The van der Waals surface area contributed by atoms with Crippen LogP contribution in [-0.2, 0) is 16.1 Å². The number of nitrogens with zero attached hydrogens (tertiary/aromatic N) is 3. The van der Waals surface area contributed by atoms with Gasteiger partial charge in [-0.1, -0.05) is 41.7 Å². The van der Waals surface area contributed by atoms with E-state index in [4.69, 9.17) is 4.74 Å². The Kier molecular flexibility index (Phi) is 4.84. The molecule has 0 aliphatic rings. The molecular weight excluding hydrogens is 360 g/mol. The smallest absolute Gasteiger partial charge is 0.325 e. The molecule has 0 aliphatic carbocycles. The van der Waals surface area contributed by atoms with Gasteiger partial charge >= 0.3 is 5.97 Å². The molecule has 136 valence electrons. The first-order valence-electron chi connectivity index (χ1n) is 8.62. The lowest BCUT2D eigenvalue weighted by Gasteiger charge is -2.04. The van der Waals surface area contributed by atoms with E-state index in [0.29, 0.717) is 6.61 Å². The van der Waals surface area contributed by atoms with Crippen molar-refractivity contribution < 1.29 is 9.53 Å². The first-order valence-corrected chi connectivity index (χ1v) is 9.44. The van der Waals surface area contributed by atoms with Crippen molar-refractivity contribution in [1.82, 2.24) is 9.55 Å². The summed E-state index contributed by atoms with van der Waals surface area (Å²) < 4.78 is 8.05. The second-order valence-corrected chi connectivity index (χ2v) is 6.92. The monoisotopic (exact) mass is 378 g/mol. The second-order valence-electron chi connectivity index (χ2n) is 5.89. The number of hydrazone groups is 1. The summed E-state index contributed by atoms with van der Waals surface area (Å²) in [5.74, 6) is -0.255. The van der Waals surface area contributed by atoms with Gasteiger partial charge in [0, 0.05) is 22.7 Å². The van der Waals surface area contributed by atoms with Gasteiger partial charge in [0.1, 0.15) is 6.54 Å². The summed E-state index contributed by atoms with van der Waals surface area (Å²) in [5, 5.41) is 6.09. The van der Waals surface area contributed by atoms with Gasteiger partial charge in [0.2, 0.25) is 5.13 Å². The van der Waals surface area contributed by atoms with Crippen LogP contribution in [0.3, 0.4) is 0 Å². The molecule has 0 fully saturated rings. The number of benzene rings is 2. The molecule has 0 saturated carbocycles. The fourth-order valence-electron chi connectivity index (χ4n) is 2.93. The highest BCUT2D eigenvalue weighted by molar-refractivity contribution is 7.22. The van der Waals surface area contributed by atoms with Crippen LogP contribution in [0.5, 0.6) is 0 Å². The van der Waals surface area contributed by atoms with E-state index in [1.165, 1.54) is 0 Å². The van der Waals surface area contributed by atoms with E-state index in [-0.39, 0.29) is 12.5 Å². The summed E-state index contributed by atoms with van der Waals surface area (Å²) in [4.78, 5) is 16.4. The molecule has 0 aliphatic heterocycles. The first kappa shape index (κ1) is 17.2. The number of para-hydroxylation sites is 2. The molecule has 2 heterocycles. The van der Waals surface area contributed by atoms with Crippen LogP contribution >= 0.6 is 11.3 Å². The van der Waals surface area contributed by atoms with Crippen molar-refractivity contribution in [3.8, 4) is 0 Å². The van der Waals surface area contributed by atoms with Crippen molar-refractivity contribution in [3.63, 3.8) is 0 Å². The van der Waals surface area contributed by atoms with Crippen LogP contribution in [0.1, 0.15) is 12.5 Å². The van der Waals surface area contributed by atoms with Crippen molar-refractivity contribution >= 4 is 49.8 Å². The van der Waals surface area contributed by atoms with Crippen molar-refractivity contribution in [1.29, 1.82) is 0 Å². The summed E-state index contributed by atoms with van der Waals surface area (Å²) in [6.45, 7) is 2.35. The lowest BCUT2D eigenvalue weighted by molar-refractivity contribution is -0.143. The molecule has 27 heavy (non-hydrogen) atoms. The minimum atomic E-state index is -0.255. The van der Waals surface area contributed by atoms with Gasteiger partial charge in [-0.2, -0.15) is 5.10 Å². The Morgan fingerprint density at radius 2 is 2.07 bits per heavy atom. The summed E-state index contributed by atoms with van der Waals surface area (Å²) >= 11 is 1.55. The number of ether oxygens (including phenoxy) is 1. The van der Waals surface area contributed by atoms with Crippen molar-refractivity contribution in [2.24, 2.45) is 5.10 Å². The molecule has 0 saturated heterocycles. The number of fused-ring (bicyclic) bond motifs is 2. The first-order chi connectivity index (χ1) is 13.2. The minimum Gasteiger partial charge on any atom is -0.465 e. The van der Waals surface area contributed by atoms with Gasteiger partial charge in [-0.15, -0.1) is 0 Å². The standard InChI is InChI=1S/C20H18N4O2S/c1-2-26-19(25)13-24-12-14(15-7-3-5-9-17(15)24)11-21-23-20-22-16-8-4-6-10-18(16)27-20/h3-12H,2,13H2,1H3,(H,22,23)/b21-11+. The number of nitrogens with one attached hydrogen (secondary N) is 1. The number of anilines is 1. The highest BCUT2D eigenvalue weighted by Gasteiger charge is 2.10. The van der Waals surface area contributed by atoms with E-state index in [2.05, 4.69) is 15.5 Å². The average Bonchev–Trinajstić information content (AvgIpc) is 3.24. The summed E-state index contributed by atoms with van der Waals surface area (Å²) in [6.07, 6.45) is 3.65. The van der Waals surface area contributed by atoms with Gasteiger partial charge in [0.25, 0.3) is 0 Å². The van der Waals surface area contributed by atoms with E-state index in [9.17, 15) is 4.79 Å². The normalized spacial score (nSPS) is 11.4. The maximum absolute atomic E-state index is 11.9. The van der Waals surface area contributed by atoms with Crippen molar-refractivity contribution in [2.45, 2.75) is 13.5 Å². The molecule has 0 atom stereocenters. The number of carbonyl (C=O) groups is 1. The molecule has 4 aromatic rings. The number of hydrogen-bond donors (Lipinski definition) is 1. The molecular formula is C20H18N4O2S. The van der Waals surface area contributed by atoms with Crippen LogP contribution in [0.15, 0.2) is 59.8 Å². The molecule has 0 bridgehead atoms. The zero-order valence-corrected chi connectivity index (χ0v) is 15.6. The molecule has 7 heteroatoms. The van der Waals surface area contributed by atoms with Gasteiger partial charge in [-0.25, -0.2) is 4.98 Å². The predicted molar refractivity (Wildman–Crippen MR) is 109 cm³/mol. The highest BCUT2D eigenvalue weighted by atomic mass is 32.1. The molecule has 0 radical (unpaired) electrons. The Bertz CT molecular complexity index is 1100. The zero-order valence-electron chi connectivity index (χ0n) is 14.8. The maximum atomic E-state index is 11.9. The van der Waals surface area contributed by atoms with Crippen LogP contribution in [0.25, 0.3) is 21.1 Å². The predicted octanol–water partition coefficient (Wildman–Crippen LogP) is 4.26. The molecule has 2 aromatic heterocycles. The number of esters is 1. The van der Waals surface area contributed by atoms with Crippen LogP contribution in [0.4, 0.5) is 5.13 Å². The van der Waals surface area contributed by atoms with Crippen LogP contribution in [0.2, 0.25) is 0 Å². The van der Waals surface area contributed by atoms with E-state index >= 15 is 0 Å². The molecule has 6 nitrogen and oxygen atoms in total. The fourth-order valence-corrected chi connectivity index (χ4v) is 3.75. The topological polar surface area (TPSA) is 68.5 Å². The van der Waals surface area contributed by atoms with Crippen molar-refractivity contribution in [2.75, 3.05) is 12.0 Å². The number of aromatic nitrogens is 2. The van der Waals surface area contributed by atoms with Gasteiger partial charge in [0.15, 0.2) is 0 Å². The molecule has 2 aromatic carbocycles. The van der Waals surface area contributed by atoms with Crippen LogP contribution < -0.4 is 5.43 Å². The Morgan fingerprint density at radius 3 is 2.93 bits per heavy atom. The molecule has 1 N–H and O–H groups in total. The van der Waals surface area contributed by atoms with Gasteiger partial charge in [0.05, 0.1) is 23.0 Å². The second kappa shape index (κ2) is 7.59. The Morgan fingerprint density at radius 1 is 1.26 bits per heavy atom. The summed E-state index contributed by atoms with van der Waals surface area (Å²) in [5.41, 5.74) is 5.83. The Labute approximate surface area is 160 Å². The summed E-state index contributed by atoms with van der Waals surface area (Å²) in [6, 6.07) is 15.9. The fraction of sp³-hybridized carbons (Fsp3) is 0.150. The van der Waals surface area contributed by atoms with Gasteiger partial charge in [-0.3, -0.25) is 10.2 Å². The lowest BCUT2D eigenvalue weighted by Crippen LogP contribution is -2.12. The third-order valence-electron chi connectivity index (χ3n) is 4.08. The van der Waals surface area contributed by atoms with E-state index in [1.54, 1.807) is 24.5 Å². The lowest BCUT2D eigenvalue weighted by atomic mass is 10.2. The van der Waals surface area contributed by atoms with Crippen LogP contribution in [-0.4, -0.2) is 28.3 Å². The van der Waals surface area contributed by atoms with Gasteiger partial charge in [-0.05, 0) is 25.1 Å². The quantitative estimate of drug-likeness (QED) is 0.309. The maximum Gasteiger partial charge on any atom is 0.325 e. The zero-order chi connectivity index (χ0) is 18.6. The largest absolute Gasteiger partial charge is 0.465 e. The Balaban J connectivity index is 1.57. The van der Waals surface area contributed by atoms with Crippen LogP contribution in [0, 0.1) is 0 Å². The molecule has 0 spiro atoms.